The van der Waals surface area contributed by atoms with Crippen molar-refractivity contribution in [2.24, 2.45) is 0 Å². The number of carbonyl (C=O) groups excluding carboxylic acids is 1. The molecule has 0 unspecified atom stereocenters. The molecule has 0 saturated carbocycles. The van der Waals surface area contributed by atoms with E-state index in [1.807, 2.05) is 31.2 Å². The number of hydrogen-bond donors (Lipinski definition) is 2. The average molecular weight is 429 g/mol. The molecule has 0 fully saturated rings. The molecule has 0 aliphatic rings. The molecule has 3 rings (SSSR count). The van der Waals surface area contributed by atoms with Gasteiger partial charge in [-0.2, -0.15) is 0 Å². The summed E-state index contributed by atoms with van der Waals surface area (Å²) in [5, 5.41) is 8.27. The van der Waals surface area contributed by atoms with Gasteiger partial charge in [-0.15, -0.1) is 11.3 Å². The van der Waals surface area contributed by atoms with Crippen molar-refractivity contribution >= 4 is 33.8 Å². The lowest BCUT2D eigenvalue weighted by atomic mass is 10.2. The first kappa shape index (κ1) is 21.3. The van der Waals surface area contributed by atoms with Crippen molar-refractivity contribution in [3.63, 3.8) is 0 Å². The Hall–Kier alpha value is -3.46. The molecule has 1 aromatic heterocycles. The Kier molecular flexibility index (Phi) is 6.97. The number of rotatable bonds is 9. The number of methoxy groups -OCH3 is 3. The Morgan fingerprint density at radius 1 is 1.00 bits per heavy atom. The van der Waals surface area contributed by atoms with Crippen molar-refractivity contribution in [2.45, 2.75) is 6.92 Å². The summed E-state index contributed by atoms with van der Waals surface area (Å²) in [6.07, 6.45) is 0. The van der Waals surface area contributed by atoms with E-state index in [1.165, 1.54) is 32.7 Å². The SMILES string of the molecule is CCOc1ccc(Nc2nc(C(=O)Nc3cc(OC)c(OC)c(OC)c3)cs2)cc1. The molecule has 30 heavy (non-hydrogen) atoms. The van der Waals surface area contributed by atoms with E-state index in [2.05, 4.69) is 15.6 Å². The first-order valence-corrected chi connectivity index (χ1v) is 10.0. The molecule has 0 bridgehead atoms. The zero-order chi connectivity index (χ0) is 21.5. The smallest absolute Gasteiger partial charge is 0.275 e. The summed E-state index contributed by atoms with van der Waals surface area (Å²) >= 11 is 1.34. The second kappa shape index (κ2) is 9.84. The van der Waals surface area contributed by atoms with Crippen LogP contribution < -0.4 is 29.6 Å². The molecular formula is C21H23N3O5S. The highest BCUT2D eigenvalue weighted by Crippen LogP contribution is 2.40. The number of hydrogen-bond acceptors (Lipinski definition) is 8. The number of benzene rings is 2. The highest BCUT2D eigenvalue weighted by molar-refractivity contribution is 7.14. The number of ether oxygens (including phenoxy) is 4. The van der Waals surface area contributed by atoms with Crippen LogP contribution in [0.5, 0.6) is 23.0 Å². The Morgan fingerprint density at radius 2 is 1.67 bits per heavy atom. The second-order valence-corrected chi connectivity index (χ2v) is 6.85. The lowest BCUT2D eigenvalue weighted by molar-refractivity contribution is 0.102. The number of thiazole rings is 1. The van der Waals surface area contributed by atoms with Gasteiger partial charge < -0.3 is 29.6 Å². The Bertz CT molecular complexity index is 979. The molecule has 3 aromatic rings. The molecule has 158 valence electrons. The minimum Gasteiger partial charge on any atom is -0.494 e. The molecule has 1 heterocycles. The van der Waals surface area contributed by atoms with Crippen molar-refractivity contribution in [1.29, 1.82) is 0 Å². The van der Waals surface area contributed by atoms with E-state index in [-0.39, 0.29) is 5.91 Å². The van der Waals surface area contributed by atoms with Gasteiger partial charge in [0.05, 0.1) is 27.9 Å². The fourth-order valence-electron chi connectivity index (χ4n) is 2.71. The maximum Gasteiger partial charge on any atom is 0.275 e. The molecule has 2 aromatic carbocycles. The topological polar surface area (TPSA) is 90.9 Å². The van der Waals surface area contributed by atoms with Crippen molar-refractivity contribution in [1.82, 2.24) is 4.98 Å². The van der Waals surface area contributed by atoms with Gasteiger partial charge in [-0.3, -0.25) is 4.79 Å². The minimum atomic E-state index is -0.347. The normalized spacial score (nSPS) is 10.3. The maximum absolute atomic E-state index is 12.6. The Balaban J connectivity index is 1.70. The Morgan fingerprint density at radius 3 is 2.23 bits per heavy atom. The highest BCUT2D eigenvalue weighted by Gasteiger charge is 2.16. The van der Waals surface area contributed by atoms with Crippen LogP contribution in [0.2, 0.25) is 0 Å². The lowest BCUT2D eigenvalue weighted by Crippen LogP contribution is -2.12. The second-order valence-electron chi connectivity index (χ2n) is 5.99. The van der Waals surface area contributed by atoms with E-state index in [0.29, 0.717) is 40.4 Å². The van der Waals surface area contributed by atoms with Gasteiger partial charge in [-0.25, -0.2) is 4.98 Å². The molecule has 0 aliphatic heterocycles. The van der Waals surface area contributed by atoms with Gasteiger partial charge in [0.15, 0.2) is 16.6 Å². The summed E-state index contributed by atoms with van der Waals surface area (Å²) in [5.41, 5.74) is 1.65. The maximum atomic E-state index is 12.6. The molecule has 0 radical (unpaired) electrons. The summed E-state index contributed by atoms with van der Waals surface area (Å²) in [6.45, 7) is 2.55. The molecule has 1 amide bonds. The molecule has 0 atom stereocenters. The largest absolute Gasteiger partial charge is 0.494 e. The minimum absolute atomic E-state index is 0.294. The summed E-state index contributed by atoms with van der Waals surface area (Å²) < 4.78 is 21.3. The van der Waals surface area contributed by atoms with Gasteiger partial charge in [-0.1, -0.05) is 0 Å². The third-order valence-electron chi connectivity index (χ3n) is 4.08. The van der Waals surface area contributed by atoms with Crippen molar-refractivity contribution in [2.75, 3.05) is 38.6 Å². The van der Waals surface area contributed by atoms with E-state index in [4.69, 9.17) is 18.9 Å². The molecular weight excluding hydrogens is 406 g/mol. The van der Waals surface area contributed by atoms with Crippen molar-refractivity contribution < 1.29 is 23.7 Å². The first-order chi connectivity index (χ1) is 14.6. The summed E-state index contributed by atoms with van der Waals surface area (Å²) in [6, 6.07) is 10.8. The van der Waals surface area contributed by atoms with Crippen LogP contribution in [-0.4, -0.2) is 38.8 Å². The molecule has 8 nitrogen and oxygen atoms in total. The molecule has 2 N–H and O–H groups in total. The van der Waals surface area contributed by atoms with Crippen LogP contribution in [-0.2, 0) is 0 Å². The molecule has 0 aliphatic carbocycles. The van der Waals surface area contributed by atoms with Crippen LogP contribution in [0, 0.1) is 0 Å². The fraction of sp³-hybridized carbons (Fsp3) is 0.238. The third-order valence-corrected chi connectivity index (χ3v) is 4.83. The van der Waals surface area contributed by atoms with Crippen LogP contribution in [0.4, 0.5) is 16.5 Å². The van der Waals surface area contributed by atoms with E-state index in [9.17, 15) is 4.79 Å². The summed E-state index contributed by atoms with van der Waals surface area (Å²) in [4.78, 5) is 17.0. The number of nitrogens with one attached hydrogen (secondary N) is 2. The third kappa shape index (κ3) is 4.93. The molecule has 9 heteroatoms. The van der Waals surface area contributed by atoms with E-state index in [1.54, 1.807) is 17.5 Å². The van der Waals surface area contributed by atoms with E-state index in [0.717, 1.165) is 11.4 Å². The number of amides is 1. The van der Waals surface area contributed by atoms with E-state index >= 15 is 0 Å². The number of anilines is 3. The highest BCUT2D eigenvalue weighted by atomic mass is 32.1. The van der Waals surface area contributed by atoms with Crippen molar-refractivity contribution in [3.8, 4) is 23.0 Å². The van der Waals surface area contributed by atoms with Crippen molar-refractivity contribution in [3.05, 3.63) is 47.5 Å². The van der Waals surface area contributed by atoms with Crippen LogP contribution in [0.25, 0.3) is 0 Å². The van der Waals surface area contributed by atoms with Gasteiger partial charge in [0.25, 0.3) is 5.91 Å². The van der Waals surface area contributed by atoms with Crippen LogP contribution in [0.15, 0.2) is 41.8 Å². The van der Waals surface area contributed by atoms with Gasteiger partial charge in [-0.05, 0) is 31.2 Å². The number of carbonyl (C=O) groups is 1. The predicted molar refractivity (Wildman–Crippen MR) is 117 cm³/mol. The number of nitrogens with zero attached hydrogens (tertiary/aromatic N) is 1. The summed E-state index contributed by atoms with van der Waals surface area (Å²) in [7, 11) is 4.55. The Labute approximate surface area is 178 Å². The van der Waals surface area contributed by atoms with E-state index < -0.39 is 0 Å². The van der Waals surface area contributed by atoms with Gasteiger partial charge in [0.1, 0.15) is 11.4 Å². The lowest BCUT2D eigenvalue weighted by Gasteiger charge is -2.14. The average Bonchev–Trinajstić information content (AvgIpc) is 3.23. The first-order valence-electron chi connectivity index (χ1n) is 9.14. The zero-order valence-electron chi connectivity index (χ0n) is 17.1. The number of aromatic nitrogens is 1. The van der Waals surface area contributed by atoms with Gasteiger partial charge in [0.2, 0.25) is 5.75 Å². The zero-order valence-corrected chi connectivity index (χ0v) is 18.0. The van der Waals surface area contributed by atoms with Crippen LogP contribution in [0.1, 0.15) is 17.4 Å². The van der Waals surface area contributed by atoms with Gasteiger partial charge in [0, 0.05) is 28.9 Å². The fourth-order valence-corrected chi connectivity index (χ4v) is 3.42. The van der Waals surface area contributed by atoms with Crippen LogP contribution >= 0.6 is 11.3 Å². The monoisotopic (exact) mass is 429 g/mol. The quantitative estimate of drug-likeness (QED) is 0.515. The molecule has 0 saturated heterocycles. The molecule has 0 spiro atoms. The standard InChI is InChI=1S/C21H23N3O5S/c1-5-29-15-8-6-13(7-9-15)23-21-24-16(12-30-21)20(25)22-14-10-17(26-2)19(28-4)18(11-14)27-3/h6-12H,5H2,1-4H3,(H,22,25)(H,23,24). The van der Waals surface area contributed by atoms with Gasteiger partial charge >= 0.3 is 0 Å². The van der Waals surface area contributed by atoms with Crippen LogP contribution in [0.3, 0.4) is 0 Å². The summed E-state index contributed by atoms with van der Waals surface area (Å²) in [5.74, 6) is 1.80. The predicted octanol–water partition coefficient (Wildman–Crippen LogP) is 4.56.